The maximum Gasteiger partial charge on any atom is 0.0280 e. The van der Waals surface area contributed by atoms with Crippen LogP contribution in [0.2, 0.25) is 0 Å². The second kappa shape index (κ2) is 8.41. The Labute approximate surface area is 233 Å². The molecule has 1 aliphatic rings. The van der Waals surface area contributed by atoms with Gasteiger partial charge in [-0.15, -0.1) is 0 Å². The average Bonchev–Trinajstić information content (AvgIpc) is 3.39. The lowest BCUT2D eigenvalue weighted by Crippen LogP contribution is -1.91. The molecular weight excluding hydrogens is 468 g/mol. The number of benzene rings is 7. The molecule has 7 aromatic carbocycles. The molecule has 0 heterocycles. The Kier molecular flexibility index (Phi) is 4.18. The second-order valence-electron chi connectivity index (χ2n) is 10.8. The monoisotopic (exact) mass is 499 g/mol. The molecule has 39 heavy (non-hydrogen) atoms. The lowest BCUT2D eigenvalue weighted by Gasteiger charge is -2.14. The van der Waals surface area contributed by atoms with Gasteiger partial charge in [0.1, 0.15) is 0 Å². The van der Waals surface area contributed by atoms with Crippen LogP contribution in [0.4, 0.5) is 0 Å². The Balaban J connectivity index is 1.30. The number of aryl methyl sites for hydroxylation is 2. The zero-order valence-corrected chi connectivity index (χ0v) is 21.8. The molecule has 0 radical (unpaired) electrons. The van der Waals surface area contributed by atoms with Gasteiger partial charge in [-0.05, 0) is 103 Å². The highest BCUT2D eigenvalue weighted by Gasteiger charge is 2.24. The van der Waals surface area contributed by atoms with Gasteiger partial charge in [0.25, 0.3) is 0 Å². The molecule has 0 bridgehead atoms. The summed E-state index contributed by atoms with van der Waals surface area (Å²) >= 11 is 0. The molecule has 0 aliphatic heterocycles. The summed E-state index contributed by atoms with van der Waals surface area (Å²) in [4.78, 5) is 0. The zero-order valence-electron chi connectivity index (χ0n) is 24.8. The van der Waals surface area contributed by atoms with Gasteiger partial charge in [0.05, 0.1) is 0 Å². The predicted octanol–water partition coefficient (Wildman–Crippen LogP) is 10.7. The Bertz CT molecular complexity index is 2180. The van der Waals surface area contributed by atoms with Crippen molar-refractivity contribution in [1.82, 2.24) is 0 Å². The van der Waals surface area contributed by atoms with Crippen LogP contribution in [0, 0.1) is 13.8 Å². The average molecular weight is 500 g/mol. The maximum atomic E-state index is 8.00. The predicted molar refractivity (Wildman–Crippen MR) is 168 cm³/mol. The summed E-state index contributed by atoms with van der Waals surface area (Å²) in [6.07, 6.45) is 0.810. The van der Waals surface area contributed by atoms with Crippen LogP contribution in [0.3, 0.4) is 0 Å². The molecule has 1 aliphatic carbocycles. The second-order valence-corrected chi connectivity index (χ2v) is 10.8. The van der Waals surface area contributed by atoms with Crippen LogP contribution in [0.25, 0.3) is 65.7 Å². The maximum absolute atomic E-state index is 8.00. The van der Waals surface area contributed by atoms with Crippen molar-refractivity contribution in [3.05, 3.63) is 144 Å². The van der Waals surface area contributed by atoms with Crippen LogP contribution >= 0.6 is 0 Å². The van der Waals surface area contributed by atoms with Crippen molar-refractivity contribution < 1.29 is 4.11 Å². The molecule has 0 unspecified atom stereocenters. The molecule has 0 heteroatoms. The van der Waals surface area contributed by atoms with Gasteiger partial charge in [-0.3, -0.25) is 0 Å². The highest BCUT2D eigenvalue weighted by Crippen LogP contribution is 2.46. The van der Waals surface area contributed by atoms with Gasteiger partial charge in [-0.2, -0.15) is 0 Å². The largest absolute Gasteiger partial charge is 0.0616 e. The van der Waals surface area contributed by atoms with Crippen molar-refractivity contribution in [3.63, 3.8) is 0 Å². The number of hydrogen-bond donors (Lipinski definition) is 0. The zero-order chi connectivity index (χ0) is 28.6. The summed E-state index contributed by atoms with van der Waals surface area (Å²) in [7, 11) is 0. The van der Waals surface area contributed by atoms with Crippen LogP contribution in [0.15, 0.2) is 121 Å². The Hall–Kier alpha value is -4.68. The first-order valence-electron chi connectivity index (χ1n) is 15.1. The van der Waals surface area contributed by atoms with Crippen LogP contribution in [-0.2, 0) is 6.42 Å². The molecule has 184 valence electrons. The van der Waals surface area contributed by atoms with Gasteiger partial charge in [0.2, 0.25) is 0 Å². The fourth-order valence-corrected chi connectivity index (χ4v) is 6.79. The van der Waals surface area contributed by atoms with E-state index in [4.69, 9.17) is 4.11 Å². The third-order valence-corrected chi connectivity index (χ3v) is 8.44. The van der Waals surface area contributed by atoms with Gasteiger partial charge in [0.15, 0.2) is 0 Å². The third kappa shape index (κ3) is 3.38. The molecule has 0 spiro atoms. The van der Waals surface area contributed by atoms with Crippen molar-refractivity contribution in [2.45, 2.75) is 20.2 Å². The summed E-state index contributed by atoms with van der Waals surface area (Å²) in [5.74, 6) is 0. The fourth-order valence-electron chi connectivity index (χ4n) is 6.79. The quantitative estimate of drug-likeness (QED) is 0.208. The first-order valence-corrected chi connectivity index (χ1v) is 13.6. The summed E-state index contributed by atoms with van der Waals surface area (Å²) in [5.41, 5.74) is 11.0. The molecule has 0 fully saturated rings. The normalized spacial score (nSPS) is 13.7. The van der Waals surface area contributed by atoms with Crippen molar-refractivity contribution in [1.29, 1.82) is 0 Å². The molecule has 0 atom stereocenters. The first-order chi connectivity index (χ1) is 20.4. The SMILES string of the molecule is [2H]C([2H])([2H])c1cc(C)cc(-c2cccc3c2Cc2c(-c4ccc5c6ccccc6c6ccccc6c5c4)cccc2-3)c1. The summed E-state index contributed by atoms with van der Waals surface area (Å²) in [6.45, 7) is -0.165. The van der Waals surface area contributed by atoms with Crippen molar-refractivity contribution >= 4 is 32.3 Å². The van der Waals surface area contributed by atoms with E-state index in [0.717, 1.165) is 23.1 Å². The molecule has 8 rings (SSSR count). The topological polar surface area (TPSA) is 0 Å². The van der Waals surface area contributed by atoms with Gasteiger partial charge >= 0.3 is 0 Å². The van der Waals surface area contributed by atoms with Crippen LogP contribution < -0.4 is 0 Å². The molecule has 0 nitrogen and oxygen atoms in total. The van der Waals surface area contributed by atoms with Gasteiger partial charge in [0, 0.05) is 4.11 Å². The van der Waals surface area contributed by atoms with E-state index in [-0.39, 0.29) is 0 Å². The molecule has 0 amide bonds. The highest BCUT2D eigenvalue weighted by atomic mass is 14.3. The Morgan fingerprint density at radius 2 is 0.949 bits per heavy atom. The van der Waals surface area contributed by atoms with Crippen LogP contribution in [-0.4, -0.2) is 0 Å². The third-order valence-electron chi connectivity index (χ3n) is 8.44. The minimum atomic E-state index is -2.14. The minimum absolute atomic E-state index is 0.391. The smallest absolute Gasteiger partial charge is 0.0280 e. The van der Waals surface area contributed by atoms with E-state index < -0.39 is 6.85 Å². The van der Waals surface area contributed by atoms with E-state index >= 15 is 0 Å². The molecule has 0 N–H and O–H groups in total. The molecular formula is C39H28. The Morgan fingerprint density at radius 1 is 0.436 bits per heavy atom. The first kappa shape index (κ1) is 19.4. The van der Waals surface area contributed by atoms with Crippen molar-refractivity contribution in [2.24, 2.45) is 0 Å². The number of rotatable bonds is 2. The van der Waals surface area contributed by atoms with E-state index in [2.05, 4.69) is 109 Å². The van der Waals surface area contributed by atoms with Crippen LogP contribution in [0.5, 0.6) is 0 Å². The highest BCUT2D eigenvalue weighted by molar-refractivity contribution is 6.25. The molecule has 0 aromatic heterocycles. The summed E-state index contributed by atoms with van der Waals surface area (Å²) < 4.78 is 24.0. The van der Waals surface area contributed by atoms with E-state index in [9.17, 15) is 0 Å². The van der Waals surface area contributed by atoms with Gasteiger partial charge < -0.3 is 0 Å². The van der Waals surface area contributed by atoms with E-state index in [1.165, 1.54) is 65.7 Å². The summed E-state index contributed by atoms with van der Waals surface area (Å²) in [5, 5.41) is 7.67. The van der Waals surface area contributed by atoms with E-state index in [1.807, 2.05) is 13.0 Å². The molecule has 0 saturated heterocycles. The fraction of sp³-hybridized carbons (Fsp3) is 0.0769. The standard InChI is InChI=1S/C39H28/c1-24-19-25(2)21-27(20-24)29-14-8-16-35-34-15-7-13-28(38(34)23-39(29)35)26-17-18-36-32-11-4-3-9-30(32)31-10-5-6-12-33(31)37(36)22-26/h3-22H,23H2,1-2H3/i1D3. The van der Waals surface area contributed by atoms with E-state index in [1.54, 1.807) is 6.07 Å². The molecule has 7 aromatic rings. The van der Waals surface area contributed by atoms with Gasteiger partial charge in [-0.25, -0.2) is 0 Å². The van der Waals surface area contributed by atoms with E-state index in [0.29, 0.717) is 5.56 Å². The lowest BCUT2D eigenvalue weighted by atomic mass is 9.90. The van der Waals surface area contributed by atoms with Crippen molar-refractivity contribution in [2.75, 3.05) is 0 Å². The summed E-state index contributed by atoms with van der Waals surface area (Å²) in [6, 6.07) is 43.1. The number of fused-ring (bicyclic) bond motifs is 9. The Morgan fingerprint density at radius 3 is 1.56 bits per heavy atom. The van der Waals surface area contributed by atoms with Crippen LogP contribution in [0.1, 0.15) is 26.4 Å². The minimum Gasteiger partial charge on any atom is -0.0616 e. The number of hydrogen-bond acceptors (Lipinski definition) is 0. The lowest BCUT2D eigenvalue weighted by molar-refractivity contribution is 1.26. The van der Waals surface area contributed by atoms with Gasteiger partial charge in [-0.1, -0.05) is 126 Å². The van der Waals surface area contributed by atoms with Crippen molar-refractivity contribution in [3.8, 4) is 33.4 Å². The molecule has 0 saturated carbocycles.